The predicted octanol–water partition coefficient (Wildman–Crippen LogP) is 2.56. The number of hydrogen-bond donors (Lipinski definition) is 0. The fourth-order valence-electron chi connectivity index (χ4n) is 2.41. The van der Waals surface area contributed by atoms with Gasteiger partial charge in [-0.2, -0.15) is 5.26 Å². The molecule has 1 fully saturated rings. The fourth-order valence-corrected chi connectivity index (χ4v) is 2.98. The first-order valence-corrected chi connectivity index (χ1v) is 8.17. The van der Waals surface area contributed by atoms with Gasteiger partial charge in [-0.15, -0.1) is 11.8 Å². The molecule has 0 aromatic heterocycles. The van der Waals surface area contributed by atoms with Gasteiger partial charge in [0.05, 0.1) is 17.9 Å². The van der Waals surface area contributed by atoms with Gasteiger partial charge in [-0.05, 0) is 25.3 Å². The van der Waals surface area contributed by atoms with Crippen LogP contribution in [0.5, 0.6) is 0 Å². The number of piperazine rings is 1. The van der Waals surface area contributed by atoms with Gasteiger partial charge in [0.25, 0.3) is 0 Å². The summed E-state index contributed by atoms with van der Waals surface area (Å²) in [7, 11) is 0. The minimum absolute atomic E-state index is 0.254. The molecule has 0 radical (unpaired) electrons. The quantitative estimate of drug-likeness (QED) is 0.803. The molecule has 1 aliphatic heterocycles. The summed E-state index contributed by atoms with van der Waals surface area (Å²) in [5, 5.41) is 9.40. The molecule has 1 heterocycles. The number of thioether (sulfide) groups is 1. The topological polar surface area (TPSA) is 56.6 Å². The number of ether oxygens (including phenoxy) is 1. The van der Waals surface area contributed by atoms with Crippen molar-refractivity contribution in [2.75, 3.05) is 43.9 Å². The molecule has 0 spiro atoms. The Balaban J connectivity index is 2.09. The SMILES string of the molecule is CCOC(=O)N1CCN(c2cccc(SC)c2C#N)CC1. The highest BCUT2D eigenvalue weighted by Crippen LogP contribution is 2.29. The zero-order valence-corrected chi connectivity index (χ0v) is 13.2. The van der Waals surface area contributed by atoms with Gasteiger partial charge in [0.15, 0.2) is 0 Å². The maximum atomic E-state index is 11.7. The third-order valence-corrected chi connectivity index (χ3v) is 4.26. The third-order valence-electron chi connectivity index (χ3n) is 3.48. The van der Waals surface area contributed by atoms with E-state index in [2.05, 4.69) is 11.0 Å². The minimum Gasteiger partial charge on any atom is -0.450 e. The number of hydrogen-bond acceptors (Lipinski definition) is 5. The number of carbonyl (C=O) groups excluding carboxylic acids is 1. The number of benzene rings is 1. The summed E-state index contributed by atoms with van der Waals surface area (Å²) in [6.45, 7) is 4.87. The predicted molar refractivity (Wildman–Crippen MR) is 83.7 cm³/mol. The fraction of sp³-hybridized carbons (Fsp3) is 0.467. The summed E-state index contributed by atoms with van der Waals surface area (Å²) in [4.78, 5) is 16.6. The Labute approximate surface area is 129 Å². The molecule has 0 aliphatic carbocycles. The van der Waals surface area contributed by atoms with E-state index in [1.807, 2.05) is 24.5 Å². The molecule has 1 aliphatic rings. The molecule has 21 heavy (non-hydrogen) atoms. The van der Waals surface area contributed by atoms with Crippen LogP contribution < -0.4 is 4.90 Å². The summed E-state index contributed by atoms with van der Waals surface area (Å²) in [6.07, 6.45) is 1.72. The highest BCUT2D eigenvalue weighted by Gasteiger charge is 2.23. The first-order chi connectivity index (χ1) is 10.2. The molecule has 0 saturated carbocycles. The van der Waals surface area contributed by atoms with E-state index in [9.17, 15) is 10.1 Å². The highest BCUT2D eigenvalue weighted by atomic mass is 32.2. The molecule has 0 atom stereocenters. The number of anilines is 1. The molecule has 0 N–H and O–H groups in total. The molecule has 0 unspecified atom stereocenters. The van der Waals surface area contributed by atoms with E-state index in [4.69, 9.17) is 4.74 Å². The van der Waals surface area contributed by atoms with Crippen molar-refractivity contribution < 1.29 is 9.53 Å². The number of carbonyl (C=O) groups is 1. The van der Waals surface area contributed by atoms with Gasteiger partial charge < -0.3 is 14.5 Å². The summed E-state index contributed by atoms with van der Waals surface area (Å²) in [5.74, 6) is 0. The van der Waals surface area contributed by atoms with Gasteiger partial charge in [-0.1, -0.05) is 6.07 Å². The van der Waals surface area contributed by atoms with Crippen LogP contribution >= 0.6 is 11.8 Å². The van der Waals surface area contributed by atoms with Gasteiger partial charge in [-0.3, -0.25) is 0 Å². The second-order valence-corrected chi connectivity index (χ2v) is 5.49. The number of amides is 1. The molecular weight excluding hydrogens is 286 g/mol. The molecule has 1 aromatic rings. The molecule has 0 bridgehead atoms. The summed E-state index contributed by atoms with van der Waals surface area (Å²) in [6, 6.07) is 8.20. The van der Waals surface area contributed by atoms with Crippen LogP contribution in [-0.4, -0.2) is 50.0 Å². The Morgan fingerprint density at radius 2 is 2.10 bits per heavy atom. The molecule has 112 valence electrons. The van der Waals surface area contributed by atoms with Crippen molar-refractivity contribution in [3.63, 3.8) is 0 Å². The Morgan fingerprint density at radius 1 is 1.38 bits per heavy atom. The molecule has 1 aromatic carbocycles. The average molecular weight is 305 g/mol. The van der Waals surface area contributed by atoms with E-state index in [1.54, 1.807) is 23.6 Å². The molecule has 1 amide bonds. The van der Waals surface area contributed by atoms with E-state index < -0.39 is 0 Å². The molecule has 6 heteroatoms. The van der Waals surface area contributed by atoms with Crippen LogP contribution in [0, 0.1) is 11.3 Å². The van der Waals surface area contributed by atoms with Crippen LogP contribution in [0.1, 0.15) is 12.5 Å². The van der Waals surface area contributed by atoms with Gasteiger partial charge in [0, 0.05) is 31.1 Å². The third kappa shape index (κ3) is 3.42. The lowest BCUT2D eigenvalue weighted by atomic mass is 10.1. The van der Waals surface area contributed by atoms with Crippen molar-refractivity contribution in [1.82, 2.24) is 4.90 Å². The van der Waals surface area contributed by atoms with Crippen LogP contribution in [0.2, 0.25) is 0 Å². The number of nitriles is 1. The van der Waals surface area contributed by atoms with Crippen molar-refractivity contribution >= 4 is 23.5 Å². The Kier molecular flexibility index (Phi) is 5.34. The normalized spacial score (nSPS) is 14.7. The van der Waals surface area contributed by atoms with Crippen molar-refractivity contribution in [2.45, 2.75) is 11.8 Å². The van der Waals surface area contributed by atoms with Crippen molar-refractivity contribution in [3.8, 4) is 6.07 Å². The van der Waals surface area contributed by atoms with Crippen molar-refractivity contribution in [3.05, 3.63) is 23.8 Å². The second-order valence-electron chi connectivity index (χ2n) is 4.64. The lowest BCUT2D eigenvalue weighted by molar-refractivity contribution is 0.105. The molecule has 5 nitrogen and oxygen atoms in total. The number of rotatable bonds is 3. The van der Waals surface area contributed by atoms with Gasteiger partial charge in [-0.25, -0.2) is 4.79 Å². The van der Waals surface area contributed by atoms with E-state index in [1.165, 1.54) is 0 Å². The van der Waals surface area contributed by atoms with Crippen LogP contribution in [-0.2, 0) is 4.74 Å². The van der Waals surface area contributed by atoms with Gasteiger partial charge >= 0.3 is 6.09 Å². The Bertz CT molecular complexity index is 548. The Morgan fingerprint density at radius 3 is 2.67 bits per heavy atom. The average Bonchev–Trinajstić information content (AvgIpc) is 2.54. The minimum atomic E-state index is -0.254. The van der Waals surface area contributed by atoms with E-state index in [-0.39, 0.29) is 6.09 Å². The largest absolute Gasteiger partial charge is 0.450 e. The lowest BCUT2D eigenvalue weighted by Crippen LogP contribution is -2.49. The standard InChI is InChI=1S/C15H19N3O2S/c1-3-20-15(19)18-9-7-17(8-10-18)13-5-4-6-14(21-2)12(13)11-16/h4-6H,3,7-10H2,1-2H3. The lowest BCUT2D eigenvalue weighted by Gasteiger charge is -2.36. The first-order valence-electron chi connectivity index (χ1n) is 6.95. The van der Waals surface area contributed by atoms with Gasteiger partial charge in [0.2, 0.25) is 0 Å². The van der Waals surface area contributed by atoms with E-state index >= 15 is 0 Å². The van der Waals surface area contributed by atoms with Crippen LogP contribution in [0.4, 0.5) is 10.5 Å². The summed E-state index contributed by atoms with van der Waals surface area (Å²) < 4.78 is 5.02. The van der Waals surface area contributed by atoms with Crippen LogP contribution in [0.15, 0.2) is 23.1 Å². The molecule has 2 rings (SSSR count). The molecule has 1 saturated heterocycles. The maximum absolute atomic E-state index is 11.7. The van der Waals surface area contributed by atoms with Crippen LogP contribution in [0.25, 0.3) is 0 Å². The highest BCUT2D eigenvalue weighted by molar-refractivity contribution is 7.98. The summed E-state index contributed by atoms with van der Waals surface area (Å²) >= 11 is 1.58. The van der Waals surface area contributed by atoms with Crippen molar-refractivity contribution in [1.29, 1.82) is 5.26 Å². The second kappa shape index (κ2) is 7.23. The molecular formula is C15H19N3O2S. The first kappa shape index (κ1) is 15.5. The Hall–Kier alpha value is -1.87. The van der Waals surface area contributed by atoms with Crippen LogP contribution in [0.3, 0.4) is 0 Å². The number of nitrogens with zero attached hydrogens (tertiary/aromatic N) is 3. The zero-order chi connectivity index (χ0) is 15.2. The van der Waals surface area contributed by atoms with Crippen molar-refractivity contribution in [2.24, 2.45) is 0 Å². The van der Waals surface area contributed by atoms with Gasteiger partial charge in [0.1, 0.15) is 6.07 Å². The monoisotopic (exact) mass is 305 g/mol. The smallest absolute Gasteiger partial charge is 0.409 e. The summed E-state index contributed by atoms with van der Waals surface area (Å²) in [5.41, 5.74) is 1.67. The van der Waals surface area contributed by atoms with E-state index in [0.29, 0.717) is 32.8 Å². The zero-order valence-electron chi connectivity index (χ0n) is 12.3. The van der Waals surface area contributed by atoms with E-state index in [0.717, 1.165) is 16.1 Å². The maximum Gasteiger partial charge on any atom is 0.409 e.